The summed E-state index contributed by atoms with van der Waals surface area (Å²) in [5, 5.41) is 6.49. The number of nitrogens with zero attached hydrogens (tertiary/aromatic N) is 3. The molecule has 0 unspecified atom stereocenters. The Hall–Kier alpha value is -1.69. The minimum absolute atomic E-state index is 0.0398. The van der Waals surface area contributed by atoms with Crippen LogP contribution >= 0.6 is 15.9 Å². The van der Waals surface area contributed by atoms with Crippen LogP contribution in [0, 0.1) is 6.92 Å². The maximum atomic E-state index is 12.2. The maximum Gasteiger partial charge on any atom is 0.254 e. The van der Waals surface area contributed by atoms with Gasteiger partial charge in [0.05, 0.1) is 6.54 Å². The van der Waals surface area contributed by atoms with Crippen LogP contribution in [0.2, 0.25) is 0 Å². The van der Waals surface area contributed by atoms with Crippen LogP contribution in [0.4, 0.5) is 0 Å². The van der Waals surface area contributed by atoms with Crippen molar-refractivity contribution in [1.82, 2.24) is 20.1 Å². The fraction of sp³-hybridized carbons (Fsp3) is 0.250. The molecule has 1 aromatic heterocycles. The van der Waals surface area contributed by atoms with Crippen molar-refractivity contribution in [2.75, 3.05) is 7.05 Å². The van der Waals surface area contributed by atoms with E-state index in [4.69, 9.17) is 0 Å². The number of aromatic amines is 1. The SMILES string of the molecule is Cc1cc(C(=O)N(C)Cc2ncn[nH]2)ccc1Br. The molecule has 0 aliphatic carbocycles. The number of hydrogen-bond acceptors (Lipinski definition) is 3. The number of amides is 1. The molecule has 5 nitrogen and oxygen atoms in total. The first-order chi connectivity index (χ1) is 8.58. The van der Waals surface area contributed by atoms with Crippen LogP contribution < -0.4 is 0 Å². The van der Waals surface area contributed by atoms with E-state index in [9.17, 15) is 4.79 Å². The van der Waals surface area contributed by atoms with Crippen molar-refractivity contribution in [2.45, 2.75) is 13.5 Å². The first-order valence-corrected chi connectivity index (χ1v) is 6.23. The molecule has 6 heteroatoms. The molecular weight excluding hydrogens is 296 g/mol. The number of rotatable bonds is 3. The lowest BCUT2D eigenvalue weighted by Crippen LogP contribution is -2.26. The largest absolute Gasteiger partial charge is 0.334 e. The summed E-state index contributed by atoms with van der Waals surface area (Å²) in [5.41, 5.74) is 1.70. The second-order valence-electron chi connectivity index (χ2n) is 4.06. The van der Waals surface area contributed by atoms with Crippen LogP contribution in [0.15, 0.2) is 29.0 Å². The van der Waals surface area contributed by atoms with Gasteiger partial charge in [-0.05, 0) is 30.7 Å². The van der Waals surface area contributed by atoms with Crippen LogP contribution in [0.5, 0.6) is 0 Å². The van der Waals surface area contributed by atoms with E-state index in [1.165, 1.54) is 6.33 Å². The third-order valence-corrected chi connectivity index (χ3v) is 3.49. The Kier molecular flexibility index (Phi) is 3.76. The average molecular weight is 309 g/mol. The third-order valence-electron chi connectivity index (χ3n) is 2.60. The zero-order chi connectivity index (χ0) is 13.1. The Labute approximate surface area is 113 Å². The minimum atomic E-state index is -0.0398. The van der Waals surface area contributed by atoms with Crippen molar-refractivity contribution in [3.05, 3.63) is 46.0 Å². The molecule has 0 radical (unpaired) electrons. The highest BCUT2D eigenvalue weighted by Crippen LogP contribution is 2.18. The lowest BCUT2D eigenvalue weighted by molar-refractivity contribution is 0.0781. The zero-order valence-corrected chi connectivity index (χ0v) is 11.7. The smallest absolute Gasteiger partial charge is 0.254 e. The van der Waals surface area contributed by atoms with Gasteiger partial charge in [0.25, 0.3) is 5.91 Å². The Balaban J connectivity index is 2.12. The molecule has 1 aromatic carbocycles. The number of hydrogen-bond donors (Lipinski definition) is 1. The Morgan fingerprint density at radius 2 is 2.28 bits per heavy atom. The van der Waals surface area contributed by atoms with Gasteiger partial charge >= 0.3 is 0 Å². The highest BCUT2D eigenvalue weighted by Gasteiger charge is 2.13. The molecule has 0 saturated heterocycles. The summed E-state index contributed by atoms with van der Waals surface area (Å²) in [5.74, 6) is 0.627. The van der Waals surface area contributed by atoms with Gasteiger partial charge in [0.1, 0.15) is 12.2 Å². The Bertz CT molecular complexity index is 553. The van der Waals surface area contributed by atoms with E-state index >= 15 is 0 Å². The number of nitrogens with one attached hydrogen (secondary N) is 1. The van der Waals surface area contributed by atoms with Crippen LogP contribution in [-0.4, -0.2) is 33.0 Å². The molecule has 1 heterocycles. The topological polar surface area (TPSA) is 61.9 Å². The maximum absolute atomic E-state index is 12.2. The van der Waals surface area contributed by atoms with E-state index in [1.807, 2.05) is 19.1 Å². The molecule has 0 bridgehead atoms. The number of benzene rings is 1. The number of halogens is 1. The van der Waals surface area contributed by atoms with Crippen molar-refractivity contribution < 1.29 is 4.79 Å². The van der Waals surface area contributed by atoms with E-state index in [1.54, 1.807) is 18.0 Å². The molecule has 94 valence electrons. The third kappa shape index (κ3) is 2.76. The predicted molar refractivity (Wildman–Crippen MR) is 71.1 cm³/mol. The summed E-state index contributed by atoms with van der Waals surface area (Å²) < 4.78 is 0.997. The van der Waals surface area contributed by atoms with Gasteiger partial charge in [0, 0.05) is 17.1 Å². The van der Waals surface area contributed by atoms with E-state index in [-0.39, 0.29) is 5.91 Å². The summed E-state index contributed by atoms with van der Waals surface area (Å²) in [7, 11) is 1.74. The molecule has 0 spiro atoms. The molecule has 1 amide bonds. The summed E-state index contributed by atoms with van der Waals surface area (Å²) in [6, 6.07) is 5.55. The zero-order valence-electron chi connectivity index (χ0n) is 10.1. The molecule has 0 saturated carbocycles. The fourth-order valence-electron chi connectivity index (χ4n) is 1.60. The minimum Gasteiger partial charge on any atom is -0.334 e. The molecule has 0 aliphatic rings. The number of carbonyl (C=O) groups excluding carboxylic acids is 1. The lowest BCUT2D eigenvalue weighted by atomic mass is 10.1. The summed E-state index contributed by atoms with van der Waals surface area (Å²) in [6.45, 7) is 2.37. The van der Waals surface area contributed by atoms with Gasteiger partial charge in [-0.15, -0.1) is 0 Å². The Morgan fingerprint density at radius 3 is 2.89 bits per heavy atom. The van der Waals surface area contributed by atoms with Gasteiger partial charge in [-0.1, -0.05) is 15.9 Å². The second kappa shape index (κ2) is 5.30. The van der Waals surface area contributed by atoms with Crippen molar-refractivity contribution >= 4 is 21.8 Å². The van der Waals surface area contributed by atoms with Gasteiger partial charge in [-0.2, -0.15) is 5.10 Å². The quantitative estimate of drug-likeness (QED) is 0.945. The van der Waals surface area contributed by atoms with E-state index in [0.29, 0.717) is 17.9 Å². The van der Waals surface area contributed by atoms with Gasteiger partial charge in [0.15, 0.2) is 0 Å². The summed E-state index contributed by atoms with van der Waals surface area (Å²) >= 11 is 3.42. The lowest BCUT2D eigenvalue weighted by Gasteiger charge is -2.16. The van der Waals surface area contributed by atoms with Crippen molar-refractivity contribution in [3.63, 3.8) is 0 Å². The van der Waals surface area contributed by atoms with Gasteiger partial charge in [-0.25, -0.2) is 4.98 Å². The summed E-state index contributed by atoms with van der Waals surface area (Å²) in [4.78, 5) is 17.8. The number of aromatic nitrogens is 3. The second-order valence-corrected chi connectivity index (χ2v) is 4.91. The monoisotopic (exact) mass is 308 g/mol. The number of H-pyrrole nitrogens is 1. The van der Waals surface area contributed by atoms with Gasteiger partial charge in [-0.3, -0.25) is 9.89 Å². The first kappa shape index (κ1) is 12.8. The molecular formula is C12H13BrN4O. The highest BCUT2D eigenvalue weighted by atomic mass is 79.9. The van der Waals surface area contributed by atoms with Crippen molar-refractivity contribution in [1.29, 1.82) is 0 Å². The van der Waals surface area contributed by atoms with Crippen LogP contribution in [0.1, 0.15) is 21.7 Å². The predicted octanol–water partition coefficient (Wildman–Crippen LogP) is 2.15. The van der Waals surface area contributed by atoms with Crippen molar-refractivity contribution in [2.24, 2.45) is 0 Å². The molecule has 0 atom stereocenters. The standard InChI is InChI=1S/C12H13BrN4O/c1-8-5-9(3-4-10(8)13)12(18)17(2)6-11-14-7-15-16-11/h3-5,7H,6H2,1-2H3,(H,14,15,16). The number of carbonyl (C=O) groups is 1. The Morgan fingerprint density at radius 1 is 1.50 bits per heavy atom. The first-order valence-electron chi connectivity index (χ1n) is 5.44. The highest BCUT2D eigenvalue weighted by molar-refractivity contribution is 9.10. The normalized spacial score (nSPS) is 10.4. The van der Waals surface area contributed by atoms with E-state index in [2.05, 4.69) is 31.1 Å². The number of aryl methyl sites for hydroxylation is 1. The molecule has 1 N–H and O–H groups in total. The van der Waals surface area contributed by atoms with Crippen LogP contribution in [-0.2, 0) is 6.54 Å². The molecule has 18 heavy (non-hydrogen) atoms. The van der Waals surface area contributed by atoms with E-state index < -0.39 is 0 Å². The van der Waals surface area contributed by atoms with Crippen LogP contribution in [0.25, 0.3) is 0 Å². The van der Waals surface area contributed by atoms with Gasteiger partial charge in [0.2, 0.25) is 0 Å². The molecule has 2 rings (SSSR count). The molecule has 0 aliphatic heterocycles. The average Bonchev–Trinajstić information content (AvgIpc) is 2.84. The molecule has 0 fully saturated rings. The van der Waals surface area contributed by atoms with Crippen LogP contribution in [0.3, 0.4) is 0 Å². The van der Waals surface area contributed by atoms with E-state index in [0.717, 1.165) is 10.0 Å². The molecule has 2 aromatic rings. The van der Waals surface area contributed by atoms with Crippen molar-refractivity contribution in [3.8, 4) is 0 Å². The summed E-state index contributed by atoms with van der Waals surface area (Å²) in [6.07, 6.45) is 1.43. The van der Waals surface area contributed by atoms with Gasteiger partial charge < -0.3 is 4.90 Å². The fourth-order valence-corrected chi connectivity index (χ4v) is 1.85.